The van der Waals surface area contributed by atoms with Gasteiger partial charge in [0.2, 0.25) is 0 Å². The van der Waals surface area contributed by atoms with Gasteiger partial charge in [-0.15, -0.1) is 0 Å². The fraction of sp³-hybridized carbons (Fsp3) is 0.316. The maximum atomic E-state index is 6.29. The fourth-order valence-corrected chi connectivity index (χ4v) is 6.58. The van der Waals surface area contributed by atoms with Gasteiger partial charge >= 0.3 is 0 Å². The van der Waals surface area contributed by atoms with Crippen LogP contribution < -0.4 is 20.1 Å². The lowest BCUT2D eigenvalue weighted by atomic mass is 10.1. The van der Waals surface area contributed by atoms with Crippen LogP contribution in [0.1, 0.15) is 0 Å². The molecule has 0 radical (unpaired) electrons. The first-order valence-electron chi connectivity index (χ1n) is 16.4. The molecule has 0 aliphatic rings. The number of methoxy groups -OCH3 is 2. The highest BCUT2D eigenvalue weighted by molar-refractivity contribution is 14.1. The maximum Gasteiger partial charge on any atom is 0.119 e. The number of hydrogen-bond donors (Lipinski definition) is 2. The minimum absolute atomic E-state index is 0.607. The molecule has 9 nitrogen and oxygen atoms in total. The Morgan fingerprint density at radius 2 is 1.18 bits per heavy atom. The second-order valence-corrected chi connectivity index (χ2v) is 13.8. The first kappa shape index (κ1) is 35.2. The number of anilines is 2. The molecule has 0 aliphatic carbocycles. The second kappa shape index (κ2) is 16.4. The molecule has 0 saturated carbocycles. The minimum atomic E-state index is 0.607. The molecule has 0 spiro atoms. The van der Waals surface area contributed by atoms with Crippen molar-refractivity contribution in [3.63, 3.8) is 0 Å². The van der Waals surface area contributed by atoms with Crippen LogP contribution in [0.4, 0.5) is 11.4 Å². The molecule has 6 rings (SSSR count). The van der Waals surface area contributed by atoms with Crippen LogP contribution in [0.25, 0.3) is 43.6 Å². The fourth-order valence-electron chi connectivity index (χ4n) is 5.94. The zero-order valence-electron chi connectivity index (χ0n) is 28.4. The molecular weight excluding hydrogens is 751 g/mol. The molecule has 2 N–H and O–H groups in total. The van der Waals surface area contributed by atoms with Crippen molar-refractivity contribution in [2.75, 3.05) is 91.4 Å². The van der Waals surface area contributed by atoms with Crippen LogP contribution in [-0.4, -0.2) is 101 Å². The van der Waals surface area contributed by atoms with Gasteiger partial charge in [-0.3, -0.25) is 0 Å². The number of fused-ring (bicyclic) bond motifs is 4. The Bertz CT molecular complexity index is 2080. The lowest BCUT2D eigenvalue weighted by Gasteiger charge is -2.23. The number of aromatic nitrogens is 2. The molecule has 49 heavy (non-hydrogen) atoms. The Hall–Kier alpha value is -3.68. The van der Waals surface area contributed by atoms with Gasteiger partial charge in [0.15, 0.2) is 0 Å². The average molecular weight is 793 g/mol. The van der Waals surface area contributed by atoms with Crippen molar-refractivity contribution in [2.24, 2.45) is 0 Å². The topological polar surface area (TPSA) is 84.0 Å². The summed E-state index contributed by atoms with van der Waals surface area (Å²) in [7, 11) is 7.68. The van der Waals surface area contributed by atoms with E-state index in [4.69, 9.17) is 35.8 Å². The van der Waals surface area contributed by atoms with E-state index in [1.54, 1.807) is 14.2 Å². The highest BCUT2D eigenvalue weighted by atomic mass is 127. The molecule has 6 aromatic rings. The number of pyridine rings is 2. The smallest absolute Gasteiger partial charge is 0.119 e. The van der Waals surface area contributed by atoms with Crippen LogP contribution in [-0.2, 0) is 4.74 Å². The molecule has 2 heterocycles. The van der Waals surface area contributed by atoms with Crippen LogP contribution in [0.2, 0.25) is 5.02 Å². The summed E-state index contributed by atoms with van der Waals surface area (Å²) in [4.78, 5) is 14.4. The van der Waals surface area contributed by atoms with Gasteiger partial charge in [-0.25, -0.2) is 9.97 Å². The summed E-state index contributed by atoms with van der Waals surface area (Å²) in [6.07, 6.45) is 0. The third kappa shape index (κ3) is 8.56. The molecule has 0 fully saturated rings. The largest absolute Gasteiger partial charge is 0.497 e. The lowest BCUT2D eigenvalue weighted by molar-refractivity contribution is 0.116. The number of hydrogen-bond acceptors (Lipinski definition) is 9. The van der Waals surface area contributed by atoms with Crippen LogP contribution in [0.5, 0.6) is 11.5 Å². The summed E-state index contributed by atoms with van der Waals surface area (Å²) < 4.78 is 18.2. The number of nitrogens with one attached hydrogen (secondary N) is 2. The molecule has 0 bridgehead atoms. The number of rotatable bonds is 16. The Balaban J connectivity index is 0.955. The molecule has 0 saturated heterocycles. The van der Waals surface area contributed by atoms with E-state index in [9.17, 15) is 0 Å². The summed E-state index contributed by atoms with van der Waals surface area (Å²) in [5, 5.41) is 12.2. The molecule has 0 aliphatic heterocycles. The van der Waals surface area contributed by atoms with Crippen LogP contribution in [0.15, 0.2) is 72.8 Å². The van der Waals surface area contributed by atoms with E-state index >= 15 is 0 Å². The average Bonchev–Trinajstić information content (AvgIpc) is 3.10. The number of likely N-dealkylation sites (N-methyl/N-ethyl adjacent to an activating group) is 2. The van der Waals surface area contributed by atoms with Crippen molar-refractivity contribution in [1.82, 2.24) is 19.8 Å². The van der Waals surface area contributed by atoms with Gasteiger partial charge in [-0.1, -0.05) is 11.6 Å². The van der Waals surface area contributed by atoms with Gasteiger partial charge in [0.05, 0.1) is 60.9 Å². The molecule has 0 atom stereocenters. The zero-order chi connectivity index (χ0) is 34.3. The molecule has 2 aromatic heterocycles. The van der Waals surface area contributed by atoms with Crippen molar-refractivity contribution in [1.29, 1.82) is 0 Å². The number of nitrogens with zero attached hydrogens (tertiary/aromatic N) is 4. The number of benzene rings is 4. The summed E-state index contributed by atoms with van der Waals surface area (Å²) in [6.45, 7) is 6.41. The Labute approximate surface area is 306 Å². The summed E-state index contributed by atoms with van der Waals surface area (Å²) in [5.74, 6) is 1.61. The van der Waals surface area contributed by atoms with Gasteiger partial charge < -0.3 is 34.6 Å². The normalized spacial score (nSPS) is 11.8. The molecular formula is C38H42ClIN6O3. The Kier molecular flexibility index (Phi) is 11.7. The van der Waals surface area contributed by atoms with Crippen molar-refractivity contribution in [3.8, 4) is 11.5 Å². The Morgan fingerprint density at radius 3 is 1.82 bits per heavy atom. The van der Waals surface area contributed by atoms with Gasteiger partial charge in [0.1, 0.15) is 11.5 Å². The second-order valence-electron chi connectivity index (χ2n) is 12.1. The number of halogens is 2. The van der Waals surface area contributed by atoms with E-state index in [-0.39, 0.29) is 0 Å². The summed E-state index contributed by atoms with van der Waals surface area (Å²) in [6, 6.07) is 24.2. The molecule has 256 valence electrons. The Morgan fingerprint density at radius 1 is 0.612 bits per heavy atom. The number of ether oxygens (including phenoxy) is 3. The monoisotopic (exact) mass is 792 g/mol. The maximum absolute atomic E-state index is 6.29. The van der Waals surface area contributed by atoms with Gasteiger partial charge in [-0.2, -0.15) is 0 Å². The van der Waals surface area contributed by atoms with E-state index in [2.05, 4.69) is 75.3 Å². The van der Waals surface area contributed by atoms with E-state index in [0.717, 1.165) is 103 Å². The van der Waals surface area contributed by atoms with Crippen molar-refractivity contribution >= 4 is 89.2 Å². The quantitative estimate of drug-likeness (QED) is 0.0581. The van der Waals surface area contributed by atoms with Gasteiger partial charge in [0, 0.05) is 69.4 Å². The predicted octanol–water partition coefficient (Wildman–Crippen LogP) is 7.77. The molecule has 11 heteroatoms. The van der Waals surface area contributed by atoms with Gasteiger partial charge in [0.25, 0.3) is 0 Å². The first-order chi connectivity index (χ1) is 23.8. The molecule has 0 amide bonds. The summed E-state index contributed by atoms with van der Waals surface area (Å²) >= 11 is 8.62. The molecule has 4 aromatic carbocycles. The van der Waals surface area contributed by atoms with Crippen molar-refractivity contribution in [2.45, 2.75) is 0 Å². The van der Waals surface area contributed by atoms with Gasteiger partial charge in [-0.05, 0) is 109 Å². The standard InChI is InChI=1S/C38H42ClIN6O3/c1-45(15-13-41-37-29-9-5-25(39)21-35(29)43-33-11-7-27(47-3)23-31(33)37)16-17-46(2)18-20-49-19-14-42-38-30-10-6-26(40)22-36(30)44-34-12-8-28(48-4)24-32(34)38/h5-12,21-24H,13-20H2,1-4H3,(H,41,43)(H,42,44). The minimum Gasteiger partial charge on any atom is -0.497 e. The van der Waals surface area contributed by atoms with E-state index < -0.39 is 0 Å². The van der Waals surface area contributed by atoms with Crippen LogP contribution >= 0.6 is 34.2 Å². The highest BCUT2D eigenvalue weighted by Crippen LogP contribution is 2.35. The van der Waals surface area contributed by atoms with E-state index in [1.807, 2.05) is 54.6 Å². The predicted molar refractivity (Wildman–Crippen MR) is 212 cm³/mol. The van der Waals surface area contributed by atoms with E-state index in [0.29, 0.717) is 24.8 Å². The highest BCUT2D eigenvalue weighted by Gasteiger charge is 2.13. The molecule has 0 unspecified atom stereocenters. The van der Waals surface area contributed by atoms with E-state index in [1.165, 1.54) is 0 Å². The van der Waals surface area contributed by atoms with Crippen molar-refractivity contribution in [3.05, 3.63) is 81.4 Å². The zero-order valence-corrected chi connectivity index (χ0v) is 31.3. The first-order valence-corrected chi connectivity index (χ1v) is 17.8. The SMILES string of the molecule is COc1ccc2nc3cc(I)ccc3c(NCCOCCN(C)CCN(C)CCNc3c4ccc(Cl)cc4nc4ccc(OC)cc34)c2c1. The van der Waals surface area contributed by atoms with Crippen molar-refractivity contribution < 1.29 is 14.2 Å². The lowest BCUT2D eigenvalue weighted by Crippen LogP contribution is -2.35. The van der Waals surface area contributed by atoms with Crippen LogP contribution in [0, 0.1) is 3.57 Å². The van der Waals surface area contributed by atoms with Crippen LogP contribution in [0.3, 0.4) is 0 Å². The third-order valence-electron chi connectivity index (χ3n) is 8.71. The third-order valence-corrected chi connectivity index (χ3v) is 9.62. The summed E-state index contributed by atoms with van der Waals surface area (Å²) in [5.41, 5.74) is 5.79.